The van der Waals surface area contributed by atoms with Crippen molar-refractivity contribution in [3.8, 4) is 0 Å². The van der Waals surface area contributed by atoms with Crippen LogP contribution >= 0.6 is 11.8 Å². The minimum absolute atomic E-state index is 0.0323. The third-order valence-corrected chi connectivity index (χ3v) is 5.84. The summed E-state index contributed by atoms with van der Waals surface area (Å²) >= 11 is 1.60. The smallest absolute Gasteiger partial charge is 0.323 e. The van der Waals surface area contributed by atoms with Gasteiger partial charge in [0.25, 0.3) is 0 Å². The van der Waals surface area contributed by atoms with Crippen molar-refractivity contribution in [3.63, 3.8) is 0 Å². The quantitative estimate of drug-likeness (QED) is 0.545. The van der Waals surface area contributed by atoms with Crippen LogP contribution in [0.25, 0.3) is 0 Å². The van der Waals surface area contributed by atoms with Gasteiger partial charge in [-0.05, 0) is 42.3 Å². The summed E-state index contributed by atoms with van der Waals surface area (Å²) in [6, 6.07) is 14.6. The van der Waals surface area contributed by atoms with E-state index in [4.69, 9.17) is 0 Å². The second-order valence-corrected chi connectivity index (χ2v) is 8.66. The van der Waals surface area contributed by atoms with Crippen molar-refractivity contribution in [2.75, 3.05) is 24.7 Å². The Morgan fingerprint density at radius 3 is 2.45 bits per heavy atom. The Bertz CT molecular complexity index is 1050. The molecule has 0 bridgehead atoms. The highest BCUT2D eigenvalue weighted by Gasteiger charge is 2.12. The average Bonchev–Trinajstić information content (AvgIpc) is 3.14. The monoisotopic (exact) mass is 438 g/mol. The second-order valence-electron chi connectivity index (χ2n) is 7.35. The number of hydrogen-bond donors (Lipinski definition) is 2. The van der Waals surface area contributed by atoms with Crippen LogP contribution in [-0.4, -0.2) is 45.7 Å². The van der Waals surface area contributed by atoms with Gasteiger partial charge in [0.05, 0.1) is 6.42 Å². The maximum atomic E-state index is 12.4. The molecule has 2 aromatic carbocycles. The standard InChI is InChI=1S/C22H26N6O2S/c1-15(31-22-26-23-14-28(22)4)17-6-5-7-19(13-17)25-21(30)24-18-10-8-16(9-11-18)12-20(29)27(2)3/h5-11,13-15H,12H2,1-4H3,(H2,24,25,30)/t15-/m0/s1. The van der Waals surface area contributed by atoms with Crippen LogP contribution in [-0.2, 0) is 18.3 Å². The van der Waals surface area contributed by atoms with Gasteiger partial charge >= 0.3 is 6.03 Å². The summed E-state index contributed by atoms with van der Waals surface area (Å²) in [5.74, 6) is 0.0323. The summed E-state index contributed by atoms with van der Waals surface area (Å²) in [4.78, 5) is 25.8. The van der Waals surface area contributed by atoms with Crippen LogP contribution in [0, 0.1) is 0 Å². The molecule has 0 radical (unpaired) electrons. The van der Waals surface area contributed by atoms with E-state index in [0.29, 0.717) is 17.8 Å². The molecule has 0 fully saturated rings. The Labute approximate surface area is 186 Å². The molecule has 1 aromatic heterocycles. The van der Waals surface area contributed by atoms with E-state index in [0.717, 1.165) is 16.3 Å². The number of rotatable bonds is 7. The van der Waals surface area contributed by atoms with Gasteiger partial charge < -0.3 is 20.1 Å². The van der Waals surface area contributed by atoms with Crippen LogP contribution in [0.5, 0.6) is 0 Å². The predicted octanol–water partition coefficient (Wildman–Crippen LogP) is 3.94. The Kier molecular flexibility index (Phi) is 7.30. The summed E-state index contributed by atoms with van der Waals surface area (Å²) in [7, 11) is 5.36. The summed E-state index contributed by atoms with van der Waals surface area (Å²) in [6.07, 6.45) is 2.00. The Morgan fingerprint density at radius 1 is 1.10 bits per heavy atom. The highest BCUT2D eigenvalue weighted by atomic mass is 32.2. The molecule has 3 rings (SSSR count). The molecule has 0 aliphatic rings. The van der Waals surface area contributed by atoms with Gasteiger partial charge in [-0.3, -0.25) is 4.79 Å². The van der Waals surface area contributed by atoms with Gasteiger partial charge in [0.2, 0.25) is 5.91 Å². The summed E-state index contributed by atoms with van der Waals surface area (Å²) in [6.45, 7) is 2.08. The predicted molar refractivity (Wildman–Crippen MR) is 123 cm³/mol. The zero-order valence-corrected chi connectivity index (χ0v) is 18.8. The third kappa shape index (κ3) is 6.32. The number of amides is 3. The topological polar surface area (TPSA) is 92.1 Å². The van der Waals surface area contributed by atoms with Crippen LogP contribution in [0.15, 0.2) is 60.0 Å². The fraction of sp³-hybridized carbons (Fsp3) is 0.273. The van der Waals surface area contributed by atoms with E-state index in [1.54, 1.807) is 49.2 Å². The van der Waals surface area contributed by atoms with Crippen molar-refractivity contribution in [1.29, 1.82) is 0 Å². The van der Waals surface area contributed by atoms with Crippen LogP contribution in [0.2, 0.25) is 0 Å². The molecule has 8 nitrogen and oxygen atoms in total. The number of benzene rings is 2. The third-order valence-electron chi connectivity index (χ3n) is 4.63. The van der Waals surface area contributed by atoms with E-state index >= 15 is 0 Å². The summed E-state index contributed by atoms with van der Waals surface area (Å²) < 4.78 is 1.87. The first-order valence-corrected chi connectivity index (χ1v) is 10.7. The normalized spacial score (nSPS) is 11.6. The van der Waals surface area contributed by atoms with E-state index in [1.165, 1.54) is 0 Å². The average molecular weight is 439 g/mol. The molecule has 1 atom stereocenters. The molecule has 0 aliphatic heterocycles. The second kappa shape index (κ2) is 10.1. The van der Waals surface area contributed by atoms with Gasteiger partial charge in [0.1, 0.15) is 6.33 Å². The number of aryl methyl sites for hydroxylation is 1. The largest absolute Gasteiger partial charge is 0.349 e. The van der Waals surface area contributed by atoms with Crippen molar-refractivity contribution in [3.05, 3.63) is 66.0 Å². The molecule has 9 heteroatoms. The van der Waals surface area contributed by atoms with Gasteiger partial charge in [-0.2, -0.15) is 0 Å². The Hall–Kier alpha value is -3.33. The first-order valence-electron chi connectivity index (χ1n) is 9.79. The Morgan fingerprint density at radius 2 is 1.81 bits per heavy atom. The first-order chi connectivity index (χ1) is 14.8. The number of nitrogens with zero attached hydrogens (tertiary/aromatic N) is 4. The molecule has 2 N–H and O–H groups in total. The molecular weight excluding hydrogens is 412 g/mol. The first kappa shape index (κ1) is 22.4. The maximum Gasteiger partial charge on any atom is 0.323 e. The lowest BCUT2D eigenvalue weighted by Crippen LogP contribution is -2.23. The number of urea groups is 1. The summed E-state index contributed by atoms with van der Waals surface area (Å²) in [5.41, 5.74) is 3.32. The number of hydrogen-bond acceptors (Lipinski definition) is 5. The molecule has 3 amide bonds. The SMILES string of the molecule is C[C@H](Sc1nncn1C)c1cccc(NC(=O)Nc2ccc(CC(=O)N(C)C)cc2)c1. The molecule has 0 unspecified atom stereocenters. The minimum Gasteiger partial charge on any atom is -0.349 e. The van der Waals surface area contributed by atoms with Gasteiger partial charge in [0.15, 0.2) is 5.16 Å². The number of nitrogens with one attached hydrogen (secondary N) is 2. The highest BCUT2D eigenvalue weighted by Crippen LogP contribution is 2.34. The van der Waals surface area contributed by atoms with Gasteiger partial charge in [-0.1, -0.05) is 36.0 Å². The number of carbonyl (C=O) groups is 2. The lowest BCUT2D eigenvalue weighted by Gasteiger charge is -2.13. The molecule has 0 aliphatic carbocycles. The minimum atomic E-state index is -0.331. The molecular formula is C22H26N6O2S. The van der Waals surface area contributed by atoms with Crippen LogP contribution in [0.1, 0.15) is 23.3 Å². The van der Waals surface area contributed by atoms with Gasteiger partial charge in [0, 0.05) is 37.8 Å². The van der Waals surface area contributed by atoms with Crippen LogP contribution < -0.4 is 10.6 Å². The van der Waals surface area contributed by atoms with E-state index < -0.39 is 0 Å². The number of aromatic nitrogens is 3. The van der Waals surface area contributed by atoms with Gasteiger partial charge in [-0.25, -0.2) is 4.79 Å². The van der Waals surface area contributed by atoms with Crippen LogP contribution in [0.3, 0.4) is 0 Å². The molecule has 31 heavy (non-hydrogen) atoms. The fourth-order valence-electron chi connectivity index (χ4n) is 2.81. The number of likely N-dealkylation sites (N-methyl/N-ethyl adjacent to an activating group) is 1. The van der Waals surface area contributed by atoms with Gasteiger partial charge in [-0.15, -0.1) is 10.2 Å². The highest BCUT2D eigenvalue weighted by molar-refractivity contribution is 7.99. The van der Waals surface area contributed by atoms with Crippen molar-refractivity contribution in [2.45, 2.75) is 23.8 Å². The van der Waals surface area contributed by atoms with Crippen molar-refractivity contribution >= 4 is 35.1 Å². The maximum absolute atomic E-state index is 12.4. The lowest BCUT2D eigenvalue weighted by molar-refractivity contribution is -0.127. The lowest BCUT2D eigenvalue weighted by atomic mass is 10.1. The van der Waals surface area contributed by atoms with E-state index in [-0.39, 0.29) is 17.2 Å². The molecule has 1 heterocycles. The van der Waals surface area contributed by atoms with Crippen molar-refractivity contribution in [2.24, 2.45) is 7.05 Å². The van der Waals surface area contributed by atoms with Crippen molar-refractivity contribution in [1.82, 2.24) is 19.7 Å². The molecule has 3 aromatic rings. The molecule has 0 saturated heterocycles. The number of thioether (sulfide) groups is 1. The molecule has 0 spiro atoms. The van der Waals surface area contributed by atoms with Crippen molar-refractivity contribution < 1.29 is 9.59 Å². The number of anilines is 2. The van der Waals surface area contributed by atoms with Crippen LogP contribution in [0.4, 0.5) is 16.2 Å². The van der Waals surface area contributed by atoms with E-state index in [1.807, 2.05) is 48.0 Å². The number of carbonyl (C=O) groups excluding carboxylic acids is 2. The molecule has 0 saturated carbocycles. The van der Waals surface area contributed by atoms with E-state index in [9.17, 15) is 9.59 Å². The fourth-order valence-corrected chi connectivity index (χ4v) is 3.71. The molecule has 162 valence electrons. The zero-order chi connectivity index (χ0) is 22.4. The summed E-state index contributed by atoms with van der Waals surface area (Å²) in [5, 5.41) is 14.7. The Balaban J connectivity index is 1.57. The zero-order valence-electron chi connectivity index (χ0n) is 18.0. The van der Waals surface area contributed by atoms with E-state index in [2.05, 4.69) is 27.8 Å².